The van der Waals surface area contributed by atoms with Gasteiger partial charge in [-0.05, 0) is 55.8 Å². The van der Waals surface area contributed by atoms with Gasteiger partial charge in [0.1, 0.15) is 22.2 Å². The summed E-state index contributed by atoms with van der Waals surface area (Å²) in [6.45, 7) is 3.39. The third-order valence-electron chi connectivity index (χ3n) is 4.50. The Morgan fingerprint density at radius 1 is 1.03 bits per heavy atom. The first-order chi connectivity index (χ1) is 15.2. The number of anilines is 1. The molecule has 1 aromatic heterocycles. The Labute approximate surface area is 186 Å². The van der Waals surface area contributed by atoms with Gasteiger partial charge in [-0.1, -0.05) is 12.1 Å². The van der Waals surface area contributed by atoms with Crippen molar-refractivity contribution in [1.82, 2.24) is 4.83 Å². The SMILES string of the molecule is COc1ccc(S(=O)(=O)N/N=C(\C)c2cccc(NC(=O)c3ccc(C)o3)c2)c(OC)c1. The van der Waals surface area contributed by atoms with E-state index in [0.29, 0.717) is 28.5 Å². The molecule has 32 heavy (non-hydrogen) atoms. The standard InChI is InChI=1S/C22H23N3O6S/c1-14-8-10-19(31-14)22(26)23-17-7-5-6-16(12-17)15(2)24-25-32(27,28)21-11-9-18(29-3)13-20(21)30-4/h5-13,25H,1-4H3,(H,23,26)/b24-15+. The number of furan rings is 1. The number of aryl methyl sites for hydroxylation is 1. The topological polar surface area (TPSA) is 119 Å². The number of hydrogen-bond acceptors (Lipinski definition) is 7. The Morgan fingerprint density at radius 3 is 2.47 bits per heavy atom. The van der Waals surface area contributed by atoms with Gasteiger partial charge in [-0.25, -0.2) is 0 Å². The molecule has 0 bridgehead atoms. The van der Waals surface area contributed by atoms with Gasteiger partial charge in [-0.2, -0.15) is 18.4 Å². The van der Waals surface area contributed by atoms with Crippen molar-refractivity contribution in [2.24, 2.45) is 5.10 Å². The van der Waals surface area contributed by atoms with Gasteiger partial charge >= 0.3 is 0 Å². The number of carbonyl (C=O) groups excluding carboxylic acids is 1. The fourth-order valence-corrected chi connectivity index (χ4v) is 3.82. The Balaban J connectivity index is 1.77. The molecular formula is C22H23N3O6S. The minimum Gasteiger partial charge on any atom is -0.497 e. The fraction of sp³-hybridized carbons (Fsp3) is 0.182. The monoisotopic (exact) mass is 457 g/mol. The summed E-state index contributed by atoms with van der Waals surface area (Å²) >= 11 is 0. The third kappa shape index (κ3) is 5.27. The van der Waals surface area contributed by atoms with E-state index < -0.39 is 15.9 Å². The first kappa shape index (κ1) is 22.9. The van der Waals surface area contributed by atoms with Crippen LogP contribution in [0.25, 0.3) is 0 Å². The van der Waals surface area contributed by atoms with Crippen molar-refractivity contribution in [3.8, 4) is 11.5 Å². The number of nitrogens with zero attached hydrogens (tertiary/aromatic N) is 1. The molecule has 0 aliphatic rings. The Hall–Kier alpha value is -3.79. The molecule has 2 N–H and O–H groups in total. The van der Waals surface area contributed by atoms with Crippen LogP contribution in [-0.4, -0.2) is 34.3 Å². The quantitative estimate of drug-likeness (QED) is 0.394. The van der Waals surface area contributed by atoms with Crippen LogP contribution in [0, 0.1) is 6.92 Å². The predicted molar refractivity (Wildman–Crippen MR) is 120 cm³/mol. The van der Waals surface area contributed by atoms with E-state index in [-0.39, 0.29) is 16.4 Å². The van der Waals surface area contributed by atoms with Crippen molar-refractivity contribution >= 4 is 27.3 Å². The minimum absolute atomic E-state index is 0.0768. The zero-order valence-corrected chi connectivity index (χ0v) is 18.8. The van der Waals surface area contributed by atoms with Crippen molar-refractivity contribution < 1.29 is 27.1 Å². The second kappa shape index (κ2) is 9.56. The number of carbonyl (C=O) groups is 1. The summed E-state index contributed by atoms with van der Waals surface area (Å²) in [6.07, 6.45) is 0. The maximum Gasteiger partial charge on any atom is 0.291 e. The van der Waals surface area contributed by atoms with Gasteiger partial charge in [0.2, 0.25) is 0 Å². The number of hydrazone groups is 1. The Bertz CT molecular complexity index is 1260. The molecule has 3 rings (SSSR count). The van der Waals surface area contributed by atoms with Gasteiger partial charge < -0.3 is 19.2 Å². The van der Waals surface area contributed by atoms with Crippen molar-refractivity contribution in [1.29, 1.82) is 0 Å². The third-order valence-corrected chi connectivity index (χ3v) is 5.74. The minimum atomic E-state index is -3.99. The average molecular weight is 458 g/mol. The molecule has 3 aromatic rings. The molecule has 9 nitrogen and oxygen atoms in total. The van der Waals surface area contributed by atoms with Crippen molar-refractivity contribution in [3.63, 3.8) is 0 Å². The lowest BCUT2D eigenvalue weighted by Crippen LogP contribution is -2.20. The van der Waals surface area contributed by atoms with Gasteiger partial charge in [0.15, 0.2) is 5.76 Å². The number of sulfonamides is 1. The van der Waals surface area contributed by atoms with Gasteiger partial charge in [-0.3, -0.25) is 4.79 Å². The number of nitrogens with one attached hydrogen (secondary N) is 2. The molecule has 0 radical (unpaired) electrons. The van der Waals surface area contributed by atoms with Gasteiger partial charge in [-0.15, -0.1) is 0 Å². The molecule has 1 heterocycles. The van der Waals surface area contributed by atoms with Crippen LogP contribution in [0.2, 0.25) is 0 Å². The average Bonchev–Trinajstić information content (AvgIpc) is 3.23. The molecule has 10 heteroatoms. The summed E-state index contributed by atoms with van der Waals surface area (Å²) in [7, 11) is -1.15. The lowest BCUT2D eigenvalue weighted by molar-refractivity contribution is 0.0995. The lowest BCUT2D eigenvalue weighted by Gasteiger charge is -2.11. The molecule has 0 saturated carbocycles. The first-order valence-electron chi connectivity index (χ1n) is 9.50. The Kier molecular flexibility index (Phi) is 6.84. The molecular weight excluding hydrogens is 434 g/mol. The number of ether oxygens (including phenoxy) is 2. The highest BCUT2D eigenvalue weighted by atomic mass is 32.2. The maximum absolute atomic E-state index is 12.7. The molecule has 168 valence electrons. The van der Waals surface area contributed by atoms with Crippen LogP contribution in [-0.2, 0) is 10.0 Å². The molecule has 0 fully saturated rings. The van der Waals surface area contributed by atoms with Crippen LogP contribution < -0.4 is 19.6 Å². The summed E-state index contributed by atoms with van der Waals surface area (Å²) in [5, 5.41) is 6.74. The second-order valence-electron chi connectivity index (χ2n) is 6.75. The summed E-state index contributed by atoms with van der Waals surface area (Å²) in [5.74, 6) is 1.02. The molecule has 0 unspecified atom stereocenters. The highest BCUT2D eigenvalue weighted by Gasteiger charge is 2.20. The molecule has 0 aliphatic carbocycles. The molecule has 1 amide bonds. The summed E-state index contributed by atoms with van der Waals surface area (Å²) in [5.41, 5.74) is 1.52. The van der Waals surface area contributed by atoms with Crippen molar-refractivity contribution in [3.05, 3.63) is 71.7 Å². The smallest absolute Gasteiger partial charge is 0.291 e. The normalized spacial score (nSPS) is 11.7. The number of benzene rings is 2. The molecule has 0 saturated heterocycles. The van der Waals surface area contributed by atoms with Crippen LogP contribution in [0.15, 0.2) is 69.0 Å². The summed E-state index contributed by atoms with van der Waals surface area (Å²) in [6, 6.07) is 14.5. The van der Waals surface area contributed by atoms with Crippen LogP contribution in [0.5, 0.6) is 11.5 Å². The van der Waals surface area contributed by atoms with E-state index in [2.05, 4.69) is 15.2 Å². The molecule has 2 aromatic carbocycles. The van der Waals surface area contributed by atoms with E-state index in [1.54, 1.807) is 50.2 Å². The van der Waals surface area contributed by atoms with Crippen molar-refractivity contribution in [2.45, 2.75) is 18.7 Å². The van der Waals surface area contributed by atoms with Crippen LogP contribution in [0.4, 0.5) is 5.69 Å². The van der Waals surface area contributed by atoms with E-state index in [0.717, 1.165) is 0 Å². The molecule has 0 aliphatic heterocycles. The van der Waals surface area contributed by atoms with Crippen LogP contribution in [0.1, 0.15) is 28.8 Å². The van der Waals surface area contributed by atoms with E-state index in [9.17, 15) is 13.2 Å². The van der Waals surface area contributed by atoms with E-state index in [1.807, 2.05) is 0 Å². The van der Waals surface area contributed by atoms with Gasteiger partial charge in [0.25, 0.3) is 15.9 Å². The highest BCUT2D eigenvalue weighted by molar-refractivity contribution is 7.89. The van der Waals surface area contributed by atoms with Gasteiger partial charge in [0, 0.05) is 11.8 Å². The number of amides is 1. The fourth-order valence-electron chi connectivity index (χ4n) is 2.81. The zero-order valence-electron chi connectivity index (χ0n) is 18.0. The summed E-state index contributed by atoms with van der Waals surface area (Å²) in [4.78, 5) is 14.4. The van der Waals surface area contributed by atoms with E-state index >= 15 is 0 Å². The van der Waals surface area contributed by atoms with E-state index in [4.69, 9.17) is 13.9 Å². The lowest BCUT2D eigenvalue weighted by atomic mass is 10.1. The van der Waals surface area contributed by atoms with Crippen molar-refractivity contribution in [2.75, 3.05) is 19.5 Å². The van der Waals surface area contributed by atoms with Crippen LogP contribution >= 0.6 is 0 Å². The first-order valence-corrected chi connectivity index (χ1v) is 11.0. The predicted octanol–water partition coefficient (Wildman–Crippen LogP) is 3.56. The molecule has 0 spiro atoms. The van der Waals surface area contributed by atoms with Crippen LogP contribution in [0.3, 0.4) is 0 Å². The highest BCUT2D eigenvalue weighted by Crippen LogP contribution is 2.28. The molecule has 0 atom stereocenters. The Morgan fingerprint density at radius 2 is 1.81 bits per heavy atom. The summed E-state index contributed by atoms with van der Waals surface area (Å²) < 4.78 is 41.0. The second-order valence-corrected chi connectivity index (χ2v) is 8.38. The van der Waals surface area contributed by atoms with Gasteiger partial charge in [0.05, 0.1) is 19.9 Å². The van der Waals surface area contributed by atoms with E-state index in [1.165, 1.54) is 32.4 Å². The number of rotatable bonds is 8. The number of hydrogen-bond donors (Lipinski definition) is 2. The largest absolute Gasteiger partial charge is 0.497 e. The zero-order chi connectivity index (χ0) is 23.3. The maximum atomic E-state index is 12.7. The number of methoxy groups -OCH3 is 2.